The normalized spacial score (nSPS) is 20.8. The van der Waals surface area contributed by atoms with Crippen molar-refractivity contribution in [3.63, 3.8) is 0 Å². The monoisotopic (exact) mass is 282 g/mol. The molecule has 106 valence electrons. The van der Waals surface area contributed by atoms with Crippen molar-refractivity contribution >= 4 is 9.84 Å². The molecule has 4 nitrogen and oxygen atoms in total. The van der Waals surface area contributed by atoms with Crippen LogP contribution in [0.1, 0.15) is 12.0 Å². The topological polar surface area (TPSA) is 49.4 Å². The number of sulfone groups is 1. The Labute approximate surface area is 115 Å². The van der Waals surface area contributed by atoms with Gasteiger partial charge in [0, 0.05) is 38.5 Å². The van der Waals surface area contributed by atoms with Crippen LogP contribution in [0.3, 0.4) is 0 Å². The van der Waals surface area contributed by atoms with Gasteiger partial charge in [0.2, 0.25) is 0 Å². The summed E-state index contributed by atoms with van der Waals surface area (Å²) in [5.74, 6) is 0.224. The molecule has 0 saturated carbocycles. The second-order valence-electron chi connectivity index (χ2n) is 5.29. The molecule has 1 saturated heterocycles. The summed E-state index contributed by atoms with van der Waals surface area (Å²) in [6.07, 6.45) is 2.38. The molecule has 0 spiro atoms. The molecule has 0 aliphatic carbocycles. The highest BCUT2D eigenvalue weighted by molar-refractivity contribution is 7.90. The summed E-state index contributed by atoms with van der Waals surface area (Å²) in [6, 6.07) is 10.9. The minimum absolute atomic E-state index is 0.224. The Hall–Kier alpha value is -0.910. The molecule has 1 fully saturated rings. The molecule has 1 aliphatic rings. The summed E-state index contributed by atoms with van der Waals surface area (Å²) in [4.78, 5) is 2.41. The van der Waals surface area contributed by atoms with Gasteiger partial charge in [0.15, 0.2) is 0 Å². The predicted molar refractivity (Wildman–Crippen MR) is 77.8 cm³/mol. The minimum atomic E-state index is -2.85. The first-order valence-corrected chi connectivity index (χ1v) is 8.76. The van der Waals surface area contributed by atoms with Crippen molar-refractivity contribution in [2.24, 2.45) is 0 Å². The van der Waals surface area contributed by atoms with E-state index in [9.17, 15) is 8.42 Å². The fraction of sp³-hybridized carbons (Fsp3) is 0.571. The molecule has 0 radical (unpaired) electrons. The molecule has 1 aromatic rings. The Balaban J connectivity index is 1.71. The molecule has 2 rings (SSSR count). The Kier molecular flexibility index (Phi) is 4.96. The summed E-state index contributed by atoms with van der Waals surface area (Å²) in [5.41, 5.74) is 1.33. The van der Waals surface area contributed by atoms with E-state index in [0.29, 0.717) is 12.6 Å². The van der Waals surface area contributed by atoms with Gasteiger partial charge in [0.25, 0.3) is 0 Å². The molecule has 5 heteroatoms. The van der Waals surface area contributed by atoms with Crippen LogP contribution in [0.25, 0.3) is 0 Å². The zero-order valence-corrected chi connectivity index (χ0v) is 12.2. The van der Waals surface area contributed by atoms with Gasteiger partial charge in [0.1, 0.15) is 9.84 Å². The molecule has 0 bridgehead atoms. The van der Waals surface area contributed by atoms with E-state index in [0.717, 1.165) is 26.1 Å². The number of hydrogen-bond donors (Lipinski definition) is 1. The van der Waals surface area contributed by atoms with Crippen LogP contribution in [0, 0.1) is 0 Å². The second kappa shape index (κ2) is 6.50. The van der Waals surface area contributed by atoms with Crippen molar-refractivity contribution in [1.82, 2.24) is 10.2 Å². The van der Waals surface area contributed by atoms with Crippen molar-refractivity contribution in [3.8, 4) is 0 Å². The third-order valence-corrected chi connectivity index (χ3v) is 4.37. The summed E-state index contributed by atoms with van der Waals surface area (Å²) >= 11 is 0. The van der Waals surface area contributed by atoms with Gasteiger partial charge in [-0.3, -0.25) is 4.90 Å². The summed E-state index contributed by atoms with van der Waals surface area (Å²) in [5, 5.41) is 3.33. The first-order valence-electron chi connectivity index (χ1n) is 6.70. The van der Waals surface area contributed by atoms with Gasteiger partial charge in [-0.1, -0.05) is 30.3 Å². The number of nitrogens with one attached hydrogen (secondary N) is 1. The SMILES string of the molecule is CS(=O)(=O)CCNC1CCN(Cc2ccccc2)C1. The first-order chi connectivity index (χ1) is 9.03. The summed E-state index contributed by atoms with van der Waals surface area (Å²) < 4.78 is 22.1. The van der Waals surface area contributed by atoms with Crippen LogP contribution in [0.15, 0.2) is 30.3 Å². The molecule has 19 heavy (non-hydrogen) atoms. The Bertz CT molecular complexity index is 487. The second-order valence-corrected chi connectivity index (χ2v) is 7.55. The number of hydrogen-bond acceptors (Lipinski definition) is 4. The van der Waals surface area contributed by atoms with Crippen molar-refractivity contribution < 1.29 is 8.42 Å². The Morgan fingerprint density at radius 1 is 1.32 bits per heavy atom. The van der Waals surface area contributed by atoms with Gasteiger partial charge in [-0.2, -0.15) is 0 Å². The minimum Gasteiger partial charge on any atom is -0.312 e. The van der Waals surface area contributed by atoms with E-state index in [-0.39, 0.29) is 5.75 Å². The van der Waals surface area contributed by atoms with Gasteiger partial charge in [-0.15, -0.1) is 0 Å². The van der Waals surface area contributed by atoms with Crippen LogP contribution in [-0.2, 0) is 16.4 Å². The molecule has 1 N–H and O–H groups in total. The van der Waals surface area contributed by atoms with Gasteiger partial charge in [0.05, 0.1) is 5.75 Å². The fourth-order valence-corrected chi connectivity index (χ4v) is 2.92. The van der Waals surface area contributed by atoms with Crippen molar-refractivity contribution in [3.05, 3.63) is 35.9 Å². The standard InChI is InChI=1S/C14H22N2O2S/c1-19(17,18)10-8-15-14-7-9-16(12-14)11-13-5-3-2-4-6-13/h2-6,14-15H,7-12H2,1H3. The lowest BCUT2D eigenvalue weighted by Crippen LogP contribution is -2.35. The summed E-state index contributed by atoms with van der Waals surface area (Å²) in [6.45, 7) is 3.61. The average molecular weight is 282 g/mol. The van der Waals surface area contributed by atoms with E-state index in [1.165, 1.54) is 11.8 Å². The maximum Gasteiger partial charge on any atom is 0.148 e. The van der Waals surface area contributed by atoms with Crippen LogP contribution < -0.4 is 5.32 Å². The Morgan fingerprint density at radius 3 is 2.74 bits per heavy atom. The molecule has 0 amide bonds. The third-order valence-electron chi connectivity index (χ3n) is 3.43. The van der Waals surface area contributed by atoms with E-state index in [1.54, 1.807) is 0 Å². The number of rotatable bonds is 6. The highest BCUT2D eigenvalue weighted by atomic mass is 32.2. The summed E-state index contributed by atoms with van der Waals surface area (Å²) in [7, 11) is -2.85. The van der Waals surface area contributed by atoms with Crippen LogP contribution in [0.4, 0.5) is 0 Å². The van der Waals surface area contributed by atoms with E-state index in [4.69, 9.17) is 0 Å². The quantitative estimate of drug-likeness (QED) is 0.842. The average Bonchev–Trinajstić information content (AvgIpc) is 2.76. The number of nitrogens with zero attached hydrogens (tertiary/aromatic N) is 1. The van der Waals surface area contributed by atoms with Crippen LogP contribution in [0.5, 0.6) is 0 Å². The zero-order chi connectivity index (χ0) is 13.7. The van der Waals surface area contributed by atoms with Crippen molar-refractivity contribution in [2.75, 3.05) is 31.6 Å². The first kappa shape index (κ1) is 14.5. The number of benzene rings is 1. The van der Waals surface area contributed by atoms with E-state index in [2.05, 4.69) is 34.5 Å². The lowest BCUT2D eigenvalue weighted by Gasteiger charge is -2.16. The molecule has 1 aromatic carbocycles. The van der Waals surface area contributed by atoms with Crippen LogP contribution >= 0.6 is 0 Å². The van der Waals surface area contributed by atoms with Gasteiger partial charge >= 0.3 is 0 Å². The fourth-order valence-electron chi connectivity index (χ4n) is 2.43. The molecule has 1 aliphatic heterocycles. The van der Waals surface area contributed by atoms with Gasteiger partial charge in [-0.05, 0) is 12.0 Å². The Morgan fingerprint density at radius 2 is 2.05 bits per heavy atom. The molecule has 1 unspecified atom stereocenters. The molecular weight excluding hydrogens is 260 g/mol. The molecule has 1 heterocycles. The van der Waals surface area contributed by atoms with E-state index < -0.39 is 9.84 Å². The highest BCUT2D eigenvalue weighted by Gasteiger charge is 2.21. The molecule has 1 atom stereocenters. The largest absolute Gasteiger partial charge is 0.312 e. The van der Waals surface area contributed by atoms with Crippen LogP contribution in [-0.4, -0.2) is 51.0 Å². The zero-order valence-electron chi connectivity index (χ0n) is 11.4. The smallest absolute Gasteiger partial charge is 0.148 e. The van der Waals surface area contributed by atoms with Gasteiger partial charge in [-0.25, -0.2) is 8.42 Å². The molecular formula is C14H22N2O2S. The predicted octanol–water partition coefficient (Wildman–Crippen LogP) is 0.895. The molecule has 0 aromatic heterocycles. The highest BCUT2D eigenvalue weighted by Crippen LogP contribution is 2.13. The van der Waals surface area contributed by atoms with Crippen molar-refractivity contribution in [2.45, 2.75) is 19.0 Å². The number of likely N-dealkylation sites (tertiary alicyclic amines) is 1. The van der Waals surface area contributed by atoms with Crippen molar-refractivity contribution in [1.29, 1.82) is 0 Å². The van der Waals surface area contributed by atoms with Crippen LogP contribution in [0.2, 0.25) is 0 Å². The van der Waals surface area contributed by atoms with E-state index in [1.807, 2.05) is 6.07 Å². The van der Waals surface area contributed by atoms with Gasteiger partial charge < -0.3 is 5.32 Å². The van der Waals surface area contributed by atoms with E-state index >= 15 is 0 Å². The third kappa shape index (κ3) is 5.30. The maximum absolute atomic E-state index is 11.1. The lowest BCUT2D eigenvalue weighted by atomic mass is 10.2. The maximum atomic E-state index is 11.1. The lowest BCUT2D eigenvalue weighted by molar-refractivity contribution is 0.321.